The summed E-state index contributed by atoms with van der Waals surface area (Å²) in [7, 11) is 0. The lowest BCUT2D eigenvalue weighted by molar-refractivity contribution is -0.117. The molecule has 26 heavy (non-hydrogen) atoms. The van der Waals surface area contributed by atoms with Gasteiger partial charge >= 0.3 is 0 Å². The number of nitrogens with one attached hydrogen (secondary N) is 1. The van der Waals surface area contributed by atoms with Crippen molar-refractivity contribution in [2.24, 2.45) is 0 Å². The Morgan fingerprint density at radius 3 is 2.77 bits per heavy atom. The minimum atomic E-state index is -0.301. The minimum absolute atomic E-state index is 0.111. The number of benzene rings is 1. The van der Waals surface area contributed by atoms with Crippen LogP contribution in [0.3, 0.4) is 0 Å². The number of anilines is 1. The van der Waals surface area contributed by atoms with E-state index >= 15 is 0 Å². The van der Waals surface area contributed by atoms with Crippen molar-refractivity contribution >= 4 is 11.6 Å². The van der Waals surface area contributed by atoms with Crippen LogP contribution < -0.4 is 20.3 Å². The van der Waals surface area contributed by atoms with Crippen molar-refractivity contribution in [1.29, 1.82) is 0 Å². The summed E-state index contributed by atoms with van der Waals surface area (Å²) in [5.74, 6) is 0.988. The molecule has 7 nitrogen and oxygen atoms in total. The molecule has 136 valence electrons. The third-order valence-electron chi connectivity index (χ3n) is 4.60. The summed E-state index contributed by atoms with van der Waals surface area (Å²) < 4.78 is 12.4. The average Bonchev–Trinajstić information content (AvgIpc) is 2.87. The van der Waals surface area contributed by atoms with Gasteiger partial charge in [-0.25, -0.2) is 4.68 Å². The van der Waals surface area contributed by atoms with Gasteiger partial charge in [0.15, 0.2) is 11.5 Å². The van der Waals surface area contributed by atoms with Crippen molar-refractivity contribution in [2.75, 3.05) is 18.5 Å². The van der Waals surface area contributed by atoms with E-state index in [2.05, 4.69) is 10.4 Å². The summed E-state index contributed by atoms with van der Waals surface area (Å²) in [5, 5.41) is 7.17. The number of hydrogen-bond donors (Lipinski definition) is 1. The van der Waals surface area contributed by atoms with Crippen LogP contribution in [0.15, 0.2) is 29.1 Å². The number of ether oxygens (including phenoxy) is 2. The largest absolute Gasteiger partial charge is 0.490 e. The molecule has 0 fully saturated rings. The first-order valence-corrected chi connectivity index (χ1v) is 8.98. The third-order valence-corrected chi connectivity index (χ3v) is 4.60. The lowest BCUT2D eigenvalue weighted by atomic mass is 9.97. The lowest BCUT2D eigenvalue weighted by Gasteiger charge is -2.16. The molecular weight excluding hydrogens is 334 g/mol. The molecule has 1 N–H and O–H groups in total. The number of aryl methyl sites for hydroxylation is 2. The Morgan fingerprint density at radius 1 is 1.08 bits per heavy atom. The predicted molar refractivity (Wildman–Crippen MR) is 95.8 cm³/mol. The molecule has 0 spiro atoms. The fraction of sp³-hybridized carbons (Fsp3) is 0.421. The van der Waals surface area contributed by atoms with Crippen molar-refractivity contribution in [3.63, 3.8) is 0 Å². The van der Waals surface area contributed by atoms with Gasteiger partial charge in [0.2, 0.25) is 5.91 Å². The van der Waals surface area contributed by atoms with Gasteiger partial charge in [0, 0.05) is 24.2 Å². The van der Waals surface area contributed by atoms with E-state index in [1.54, 1.807) is 24.3 Å². The molecule has 2 aromatic rings. The molecule has 0 bridgehead atoms. The van der Waals surface area contributed by atoms with E-state index in [9.17, 15) is 9.59 Å². The molecule has 0 radical (unpaired) electrons. The number of nitrogens with zero attached hydrogens (tertiary/aromatic N) is 2. The van der Waals surface area contributed by atoms with Gasteiger partial charge in [-0.05, 0) is 43.4 Å². The summed E-state index contributed by atoms with van der Waals surface area (Å²) in [5.41, 5.74) is 2.31. The van der Waals surface area contributed by atoms with E-state index in [1.807, 2.05) is 0 Å². The van der Waals surface area contributed by atoms with Crippen molar-refractivity contribution in [1.82, 2.24) is 9.78 Å². The molecule has 2 aliphatic rings. The first-order chi connectivity index (χ1) is 12.7. The Bertz CT molecular complexity index is 891. The van der Waals surface area contributed by atoms with Gasteiger partial charge in [0.1, 0.15) is 6.54 Å². The molecule has 0 unspecified atom stereocenters. The molecule has 0 saturated heterocycles. The molecule has 2 heterocycles. The highest BCUT2D eigenvalue weighted by Crippen LogP contribution is 2.32. The van der Waals surface area contributed by atoms with Gasteiger partial charge in [-0.3, -0.25) is 9.59 Å². The number of hydrogen-bond acceptors (Lipinski definition) is 5. The monoisotopic (exact) mass is 355 g/mol. The van der Waals surface area contributed by atoms with Gasteiger partial charge in [-0.15, -0.1) is 0 Å². The molecular formula is C19H21N3O4. The number of carbonyl (C=O) groups is 1. The Kier molecular flexibility index (Phi) is 4.60. The van der Waals surface area contributed by atoms with E-state index in [0.29, 0.717) is 30.4 Å². The standard InChI is InChI=1S/C19H21N3O4/c23-18(12-22-19(24)10-13-4-1-2-5-15(13)21-22)20-14-6-7-16-17(11-14)26-9-3-8-25-16/h6-7,10-11H,1-5,8-9,12H2,(H,20,23). The van der Waals surface area contributed by atoms with Crippen molar-refractivity contribution in [3.8, 4) is 11.5 Å². The topological polar surface area (TPSA) is 82.5 Å². The quantitative estimate of drug-likeness (QED) is 0.910. The number of aromatic nitrogens is 2. The molecule has 7 heteroatoms. The second-order valence-corrected chi connectivity index (χ2v) is 6.58. The zero-order valence-electron chi connectivity index (χ0n) is 14.5. The first kappa shape index (κ1) is 16.6. The summed E-state index contributed by atoms with van der Waals surface area (Å²) in [6.07, 6.45) is 4.73. The summed E-state index contributed by atoms with van der Waals surface area (Å²) in [4.78, 5) is 24.5. The zero-order chi connectivity index (χ0) is 17.9. The van der Waals surface area contributed by atoms with Gasteiger partial charge in [0.25, 0.3) is 5.56 Å². The summed E-state index contributed by atoms with van der Waals surface area (Å²) in [6.45, 7) is 1.09. The van der Waals surface area contributed by atoms with Gasteiger partial charge < -0.3 is 14.8 Å². The van der Waals surface area contributed by atoms with Crippen LogP contribution in [-0.2, 0) is 24.2 Å². The van der Waals surface area contributed by atoms with E-state index in [0.717, 1.165) is 43.4 Å². The van der Waals surface area contributed by atoms with Crippen LogP contribution in [0, 0.1) is 0 Å². The Balaban J connectivity index is 1.47. The Hall–Kier alpha value is -2.83. The van der Waals surface area contributed by atoms with Crippen molar-refractivity contribution < 1.29 is 14.3 Å². The van der Waals surface area contributed by atoms with Crippen molar-refractivity contribution in [3.05, 3.63) is 45.9 Å². The fourth-order valence-electron chi connectivity index (χ4n) is 3.29. The molecule has 1 aromatic carbocycles. The van der Waals surface area contributed by atoms with Crippen molar-refractivity contribution in [2.45, 2.75) is 38.6 Å². The molecule has 1 aliphatic heterocycles. The maximum absolute atomic E-state index is 12.4. The number of carbonyl (C=O) groups excluding carboxylic acids is 1. The lowest BCUT2D eigenvalue weighted by Crippen LogP contribution is -2.31. The molecule has 1 aliphatic carbocycles. The maximum Gasteiger partial charge on any atom is 0.267 e. The highest BCUT2D eigenvalue weighted by molar-refractivity contribution is 5.90. The van der Waals surface area contributed by atoms with Crippen LogP contribution >= 0.6 is 0 Å². The Labute approximate surface area is 150 Å². The number of fused-ring (bicyclic) bond motifs is 2. The minimum Gasteiger partial charge on any atom is -0.490 e. The number of rotatable bonds is 3. The smallest absolute Gasteiger partial charge is 0.267 e. The number of amides is 1. The molecule has 0 atom stereocenters. The second kappa shape index (κ2) is 7.19. The van der Waals surface area contributed by atoms with E-state index < -0.39 is 0 Å². The highest BCUT2D eigenvalue weighted by atomic mass is 16.5. The van der Waals surface area contributed by atoms with Crippen LogP contribution in [0.4, 0.5) is 5.69 Å². The van der Waals surface area contributed by atoms with Gasteiger partial charge in [-0.2, -0.15) is 5.10 Å². The summed E-state index contributed by atoms with van der Waals surface area (Å²) in [6, 6.07) is 6.89. The van der Waals surface area contributed by atoms with Crippen LogP contribution in [0.5, 0.6) is 11.5 Å². The third kappa shape index (κ3) is 3.56. The first-order valence-electron chi connectivity index (χ1n) is 8.98. The summed E-state index contributed by atoms with van der Waals surface area (Å²) >= 11 is 0. The molecule has 0 saturated carbocycles. The Morgan fingerprint density at radius 2 is 1.88 bits per heavy atom. The van der Waals surface area contributed by atoms with E-state index in [1.165, 1.54) is 4.68 Å². The highest BCUT2D eigenvalue weighted by Gasteiger charge is 2.16. The van der Waals surface area contributed by atoms with Crippen LogP contribution in [0.25, 0.3) is 0 Å². The van der Waals surface area contributed by atoms with E-state index in [-0.39, 0.29) is 18.0 Å². The average molecular weight is 355 g/mol. The molecule has 1 aromatic heterocycles. The zero-order valence-corrected chi connectivity index (χ0v) is 14.5. The van der Waals surface area contributed by atoms with Gasteiger partial charge in [-0.1, -0.05) is 0 Å². The molecule has 1 amide bonds. The van der Waals surface area contributed by atoms with Crippen LogP contribution in [0.2, 0.25) is 0 Å². The van der Waals surface area contributed by atoms with Crippen LogP contribution in [-0.4, -0.2) is 28.9 Å². The second-order valence-electron chi connectivity index (χ2n) is 6.58. The SMILES string of the molecule is O=C(Cn1nc2c(cc1=O)CCCC2)Nc1ccc2c(c1)OCCCO2. The predicted octanol–water partition coefficient (Wildman–Crippen LogP) is 1.92. The fourth-order valence-corrected chi connectivity index (χ4v) is 3.29. The normalized spacial score (nSPS) is 15.7. The van der Waals surface area contributed by atoms with Gasteiger partial charge in [0.05, 0.1) is 18.9 Å². The van der Waals surface area contributed by atoms with Crippen LogP contribution in [0.1, 0.15) is 30.5 Å². The van der Waals surface area contributed by atoms with E-state index in [4.69, 9.17) is 9.47 Å². The maximum atomic E-state index is 12.4. The molecule has 4 rings (SSSR count).